The molecule has 2 aromatic heterocycles. The third-order valence-electron chi connectivity index (χ3n) is 14.5. The molecule has 0 saturated heterocycles. The fourth-order valence-electron chi connectivity index (χ4n) is 10.5. The molecule has 0 aliphatic carbocycles. The summed E-state index contributed by atoms with van der Waals surface area (Å²) in [4.78, 5) is 9.93. The Hall–Kier alpha value is -8.67. The van der Waals surface area contributed by atoms with E-state index < -0.39 is 6.85 Å². The van der Waals surface area contributed by atoms with Crippen molar-refractivity contribution in [3.8, 4) is 61.8 Å². The molecule has 362 valence electrons. The van der Waals surface area contributed by atoms with Gasteiger partial charge in [0, 0.05) is 55.7 Å². The molecule has 9 aromatic carbocycles. The van der Waals surface area contributed by atoms with E-state index in [0.29, 0.717) is 29.5 Å². The summed E-state index contributed by atoms with van der Waals surface area (Å²) < 4.78 is 35.5. The molecule has 3 heterocycles. The number of benzene rings is 9. The maximum Gasteiger partial charge on any atom is 0.137 e. The quantitative estimate of drug-likeness (QED) is 0.144. The third kappa shape index (κ3) is 8.68. The van der Waals surface area contributed by atoms with E-state index in [-0.39, 0.29) is 16.4 Å². The molecular weight excluding hydrogens is 901 g/mol. The summed E-state index contributed by atoms with van der Waals surface area (Å²) in [6.07, 6.45) is 1.73. The van der Waals surface area contributed by atoms with Gasteiger partial charge in [-0.05, 0) is 128 Å². The average Bonchev–Trinajstić information content (AvgIpc) is 4.19. The predicted molar refractivity (Wildman–Crippen MR) is 311 cm³/mol. The molecule has 0 radical (unpaired) electrons. The predicted octanol–water partition coefficient (Wildman–Crippen LogP) is 18.8. The van der Waals surface area contributed by atoms with Crippen molar-refractivity contribution in [3.05, 3.63) is 241 Å². The Balaban J connectivity index is 0.960. The summed E-state index contributed by atoms with van der Waals surface area (Å²) in [6.45, 7) is 11.5. The van der Waals surface area contributed by atoms with Gasteiger partial charge in [-0.15, -0.1) is 0 Å². The molecule has 1 aliphatic heterocycles. The number of rotatable bonds is 9. The molecule has 74 heavy (non-hydrogen) atoms. The fraction of sp³-hybridized carbons (Fsp3) is 0.145. The van der Waals surface area contributed by atoms with Crippen molar-refractivity contribution in [2.24, 2.45) is 0 Å². The molecule has 0 bridgehead atoms. The van der Waals surface area contributed by atoms with Crippen molar-refractivity contribution in [2.45, 2.75) is 59.2 Å². The Morgan fingerprint density at radius 1 is 0.446 bits per heavy atom. The lowest BCUT2D eigenvalue weighted by atomic mass is 9.84. The van der Waals surface area contributed by atoms with Crippen LogP contribution in [-0.4, -0.2) is 16.2 Å². The van der Waals surface area contributed by atoms with Gasteiger partial charge in [0.05, 0.1) is 22.4 Å². The molecule has 1 aliphatic rings. The highest BCUT2D eigenvalue weighted by atomic mass is 16.5. The lowest BCUT2D eigenvalue weighted by Gasteiger charge is -2.27. The minimum Gasteiger partial charge on any atom is -0.457 e. The second-order valence-corrected chi connectivity index (χ2v) is 21.6. The number of aromatic nitrogens is 2. The van der Waals surface area contributed by atoms with Crippen LogP contribution in [0.2, 0.25) is 0 Å². The van der Waals surface area contributed by atoms with Gasteiger partial charge in [-0.3, -0.25) is 4.57 Å². The van der Waals surface area contributed by atoms with Gasteiger partial charge in [-0.1, -0.05) is 187 Å². The van der Waals surface area contributed by atoms with Gasteiger partial charge >= 0.3 is 0 Å². The number of aryl methyl sites for hydroxylation is 1. The van der Waals surface area contributed by atoms with Gasteiger partial charge in [0.2, 0.25) is 0 Å². The number of fused-ring (bicyclic) bond motifs is 4. The normalized spacial score (nSPS) is 13.5. The maximum absolute atomic E-state index is 8.84. The maximum atomic E-state index is 8.84. The zero-order valence-corrected chi connectivity index (χ0v) is 42.8. The van der Waals surface area contributed by atoms with Crippen LogP contribution in [0.15, 0.2) is 225 Å². The number of hydrogen-bond donors (Lipinski definition) is 0. The lowest BCUT2D eigenvalue weighted by Crippen LogP contribution is -2.24. The SMILES string of the molecule is [2H]C([2H])([2H])c1cc(-n2c3ccc(-c4ccccc4)cc3c3ccc(Oc4cccc(N5CN(c6cc(-c7ccccc7)cc(C(C)(C)C)c6)c6c(-c7ccccc7)cccc65)c4)cc32)ncc1-c1cccc(C(C)(C)C)c1. The summed E-state index contributed by atoms with van der Waals surface area (Å²) in [5, 5.41) is 2.01. The van der Waals surface area contributed by atoms with E-state index >= 15 is 0 Å². The van der Waals surface area contributed by atoms with Gasteiger partial charge < -0.3 is 14.5 Å². The van der Waals surface area contributed by atoms with Crippen molar-refractivity contribution < 1.29 is 8.85 Å². The van der Waals surface area contributed by atoms with Crippen LogP contribution in [0.5, 0.6) is 11.5 Å². The molecule has 0 atom stereocenters. The molecule has 0 unspecified atom stereocenters. The summed E-state index contributed by atoms with van der Waals surface area (Å²) in [5.41, 5.74) is 16.8. The topological polar surface area (TPSA) is 33.5 Å². The Morgan fingerprint density at radius 3 is 1.84 bits per heavy atom. The zero-order chi connectivity index (χ0) is 53.2. The molecular formula is C69H60N4O. The van der Waals surface area contributed by atoms with Crippen LogP contribution in [0.3, 0.4) is 0 Å². The number of para-hydroxylation sites is 1. The number of pyridine rings is 1. The summed E-state index contributed by atoms with van der Waals surface area (Å²) in [5.74, 6) is 1.83. The first kappa shape index (κ1) is 43.0. The van der Waals surface area contributed by atoms with E-state index in [1.54, 1.807) is 12.3 Å². The average molecular weight is 964 g/mol. The molecule has 0 N–H and O–H groups in total. The molecule has 11 aromatic rings. The van der Waals surface area contributed by atoms with Crippen LogP contribution < -0.4 is 14.5 Å². The Labute approximate surface area is 439 Å². The van der Waals surface area contributed by atoms with Crippen molar-refractivity contribution in [1.29, 1.82) is 0 Å². The first-order chi connectivity index (χ1) is 37.0. The van der Waals surface area contributed by atoms with E-state index in [4.69, 9.17) is 13.8 Å². The smallest absolute Gasteiger partial charge is 0.137 e. The van der Waals surface area contributed by atoms with Gasteiger partial charge in [0.15, 0.2) is 0 Å². The lowest BCUT2D eigenvalue weighted by molar-refractivity contribution is 0.483. The van der Waals surface area contributed by atoms with Crippen LogP contribution in [0, 0.1) is 6.85 Å². The molecule has 5 nitrogen and oxygen atoms in total. The number of hydrogen-bond acceptors (Lipinski definition) is 4. The number of ether oxygens (including phenoxy) is 1. The van der Waals surface area contributed by atoms with Crippen molar-refractivity contribution in [2.75, 3.05) is 16.5 Å². The minimum atomic E-state index is -2.42. The molecule has 5 heteroatoms. The highest BCUT2D eigenvalue weighted by Gasteiger charge is 2.32. The molecule has 0 amide bonds. The highest BCUT2D eigenvalue weighted by molar-refractivity contribution is 6.11. The monoisotopic (exact) mass is 963 g/mol. The largest absolute Gasteiger partial charge is 0.457 e. The second kappa shape index (κ2) is 18.4. The van der Waals surface area contributed by atoms with Crippen LogP contribution in [-0.2, 0) is 10.8 Å². The minimum absolute atomic E-state index is 0.0875. The van der Waals surface area contributed by atoms with Crippen LogP contribution in [0.4, 0.5) is 22.7 Å². The van der Waals surface area contributed by atoms with Gasteiger partial charge in [0.25, 0.3) is 0 Å². The van der Waals surface area contributed by atoms with E-state index in [1.807, 2.05) is 48.5 Å². The Kier molecular flexibility index (Phi) is 10.7. The van der Waals surface area contributed by atoms with Gasteiger partial charge in [0.1, 0.15) is 24.0 Å². The Morgan fingerprint density at radius 2 is 1.11 bits per heavy atom. The molecule has 0 fully saturated rings. The molecule has 12 rings (SSSR count). The first-order valence-electron chi connectivity index (χ1n) is 27.0. The number of anilines is 4. The fourth-order valence-corrected chi connectivity index (χ4v) is 10.5. The molecule has 0 spiro atoms. The standard InChI is InChI=1S/C69H60N4O/c1-46-36-66(70-44-62(46)51-26-17-27-53(37-51)68(2,3)4)73-63-35-32-50(47-20-11-8-12-21-47)40-61(63)60-34-33-58(43-65(60)73)74-57-29-18-28-55(42-57)71-45-72(67-59(30-19-31-64(67)71)49-24-15-10-16-25-49)56-39-52(48-22-13-9-14-23-48)38-54(41-56)69(5,6)7/h8-44H,45H2,1-7H3/i1D3. The zero-order valence-electron chi connectivity index (χ0n) is 45.8. The van der Waals surface area contributed by atoms with E-state index in [2.05, 4.69) is 220 Å². The van der Waals surface area contributed by atoms with E-state index in [0.717, 1.165) is 77.9 Å². The van der Waals surface area contributed by atoms with Crippen molar-refractivity contribution in [3.63, 3.8) is 0 Å². The first-order valence-corrected chi connectivity index (χ1v) is 25.5. The van der Waals surface area contributed by atoms with E-state index in [9.17, 15) is 0 Å². The van der Waals surface area contributed by atoms with Crippen LogP contribution in [0.25, 0.3) is 72.1 Å². The van der Waals surface area contributed by atoms with Crippen LogP contribution >= 0.6 is 0 Å². The molecule has 0 saturated carbocycles. The van der Waals surface area contributed by atoms with Crippen LogP contribution in [0.1, 0.15) is 62.3 Å². The van der Waals surface area contributed by atoms with Gasteiger partial charge in [-0.25, -0.2) is 4.98 Å². The summed E-state index contributed by atoms with van der Waals surface area (Å²) in [7, 11) is 0. The van der Waals surface area contributed by atoms with E-state index in [1.165, 1.54) is 16.7 Å². The third-order valence-corrected chi connectivity index (χ3v) is 14.5. The second-order valence-electron chi connectivity index (χ2n) is 21.6. The summed E-state index contributed by atoms with van der Waals surface area (Å²) in [6, 6.07) is 76.2. The Bertz CT molecular complexity index is 4000. The van der Waals surface area contributed by atoms with Crippen molar-refractivity contribution >= 4 is 44.6 Å². The van der Waals surface area contributed by atoms with Crippen molar-refractivity contribution in [1.82, 2.24) is 9.55 Å². The van der Waals surface area contributed by atoms with Gasteiger partial charge in [-0.2, -0.15) is 0 Å². The summed E-state index contributed by atoms with van der Waals surface area (Å²) >= 11 is 0. The number of nitrogens with zero attached hydrogens (tertiary/aromatic N) is 4. The highest BCUT2D eigenvalue weighted by Crippen LogP contribution is 2.51.